The zero-order chi connectivity index (χ0) is 22.4. The van der Waals surface area contributed by atoms with Crippen molar-refractivity contribution in [1.29, 1.82) is 0 Å². The maximum atomic E-state index is 3.57. The van der Waals surface area contributed by atoms with E-state index in [1.807, 2.05) is 0 Å². The fraction of sp³-hybridized carbons (Fsp3) is 0.538. The van der Waals surface area contributed by atoms with Crippen LogP contribution < -0.4 is 21.3 Å². The molecule has 4 N–H and O–H groups in total. The molecule has 6 rings (SSSR count). The topological polar surface area (TPSA) is 54.6 Å². The van der Waals surface area contributed by atoms with E-state index in [1.54, 1.807) is 0 Å². The molecule has 2 aromatic carbocycles. The van der Waals surface area contributed by atoms with E-state index >= 15 is 0 Å². The number of benzene rings is 2. The van der Waals surface area contributed by atoms with E-state index < -0.39 is 0 Å². The Hall–Kier alpha value is -1.80. The van der Waals surface area contributed by atoms with E-state index in [9.17, 15) is 0 Å². The summed E-state index contributed by atoms with van der Waals surface area (Å²) >= 11 is 0. The second-order valence-corrected chi connectivity index (χ2v) is 8.95. The third kappa shape index (κ3) is 9.77. The third-order valence-corrected chi connectivity index (χ3v) is 6.04. The first kappa shape index (κ1) is 24.8. The monoisotopic (exact) mass is 438 g/mol. The minimum Gasteiger partial charge on any atom is -0.311 e. The molecule has 176 valence electrons. The Morgan fingerprint density at radius 3 is 0.875 bits per heavy atom. The van der Waals surface area contributed by atoms with Gasteiger partial charge in [0.15, 0.2) is 0 Å². The maximum Gasteiger partial charge on any atom is 0.0206 e. The van der Waals surface area contributed by atoms with Gasteiger partial charge in [-0.25, -0.2) is 0 Å². The molecule has 32 heavy (non-hydrogen) atoms. The molecule has 4 heterocycles. The molecule has 4 bridgehead atoms. The van der Waals surface area contributed by atoms with Gasteiger partial charge in [-0.2, -0.15) is 0 Å². The first-order valence-electron chi connectivity index (χ1n) is 12.0. The average molecular weight is 439 g/mol. The second-order valence-electron chi connectivity index (χ2n) is 8.95. The zero-order valence-corrected chi connectivity index (χ0v) is 20.0. The van der Waals surface area contributed by atoms with E-state index in [0.29, 0.717) is 0 Å². The molecular weight excluding hydrogens is 396 g/mol. The molecule has 0 saturated heterocycles. The predicted molar refractivity (Wildman–Crippen MR) is 135 cm³/mol. The Labute approximate surface area is 194 Å². The standard InChI is InChI=1S/C26H42N6/c1-31-15-11-27-19-23-3-7-25(8-4-23)21-29-13-17-32(2)18-14-30-22-26-9-5-24(6-10-26)20-28-12-16-31/h3-10,27-30H,11-22H2,1-2H3. The van der Waals surface area contributed by atoms with Crippen LogP contribution in [0.3, 0.4) is 0 Å². The summed E-state index contributed by atoms with van der Waals surface area (Å²) in [4.78, 5) is 4.76. The highest BCUT2D eigenvalue weighted by molar-refractivity contribution is 5.23. The molecule has 0 aromatic heterocycles. The predicted octanol–water partition coefficient (Wildman–Crippen LogP) is 1.62. The smallest absolute Gasteiger partial charge is 0.0206 e. The fourth-order valence-electron chi connectivity index (χ4n) is 3.78. The average Bonchev–Trinajstić information content (AvgIpc) is 2.81. The van der Waals surface area contributed by atoms with Gasteiger partial charge in [-0.1, -0.05) is 48.5 Å². The van der Waals surface area contributed by atoms with Gasteiger partial charge in [0.05, 0.1) is 0 Å². The van der Waals surface area contributed by atoms with Crippen molar-refractivity contribution >= 4 is 0 Å². The molecule has 0 atom stereocenters. The van der Waals surface area contributed by atoms with Crippen molar-refractivity contribution in [3.8, 4) is 0 Å². The van der Waals surface area contributed by atoms with Crippen LogP contribution in [0.1, 0.15) is 22.3 Å². The van der Waals surface area contributed by atoms with Crippen LogP contribution in [0, 0.1) is 0 Å². The van der Waals surface area contributed by atoms with E-state index in [1.165, 1.54) is 22.3 Å². The van der Waals surface area contributed by atoms with Gasteiger partial charge in [0.1, 0.15) is 0 Å². The summed E-state index contributed by atoms with van der Waals surface area (Å²) in [6.07, 6.45) is 0. The summed E-state index contributed by atoms with van der Waals surface area (Å²) in [7, 11) is 4.39. The van der Waals surface area contributed by atoms with Gasteiger partial charge in [0.25, 0.3) is 0 Å². The van der Waals surface area contributed by atoms with E-state index in [0.717, 1.165) is 78.5 Å². The first-order chi connectivity index (χ1) is 15.7. The molecular formula is C26H42N6. The second kappa shape index (κ2) is 14.4. The van der Waals surface area contributed by atoms with Crippen LogP contribution in [0.25, 0.3) is 0 Å². The van der Waals surface area contributed by atoms with Gasteiger partial charge in [-0.3, -0.25) is 0 Å². The molecule has 0 fully saturated rings. The van der Waals surface area contributed by atoms with Crippen molar-refractivity contribution in [3.05, 3.63) is 70.8 Å². The Bertz CT molecular complexity index is 618. The molecule has 0 amide bonds. The minimum absolute atomic E-state index is 0.925. The summed E-state index contributed by atoms with van der Waals surface area (Å²) in [5.41, 5.74) is 5.38. The van der Waals surface area contributed by atoms with Gasteiger partial charge in [0.2, 0.25) is 0 Å². The Balaban J connectivity index is 1.48. The largest absolute Gasteiger partial charge is 0.311 e. The summed E-state index contributed by atoms with van der Waals surface area (Å²) in [6, 6.07) is 17.9. The molecule has 0 radical (unpaired) electrons. The highest BCUT2D eigenvalue weighted by atomic mass is 15.1. The summed E-state index contributed by atoms with van der Waals surface area (Å²) in [5.74, 6) is 0. The van der Waals surface area contributed by atoms with E-state index in [-0.39, 0.29) is 0 Å². The minimum atomic E-state index is 0.925. The van der Waals surface area contributed by atoms with Crippen molar-refractivity contribution in [2.24, 2.45) is 0 Å². The van der Waals surface area contributed by atoms with E-state index in [4.69, 9.17) is 0 Å². The van der Waals surface area contributed by atoms with Crippen LogP contribution in [0.5, 0.6) is 0 Å². The van der Waals surface area contributed by atoms with Crippen molar-refractivity contribution in [3.63, 3.8) is 0 Å². The molecule has 4 aliphatic rings. The molecule has 4 aliphatic heterocycles. The van der Waals surface area contributed by atoms with Crippen molar-refractivity contribution < 1.29 is 0 Å². The lowest BCUT2D eigenvalue weighted by Gasteiger charge is -2.18. The molecule has 6 nitrogen and oxygen atoms in total. The van der Waals surface area contributed by atoms with Crippen molar-refractivity contribution in [2.75, 3.05) is 66.5 Å². The molecule has 2 aromatic rings. The van der Waals surface area contributed by atoms with Gasteiger partial charge in [-0.15, -0.1) is 0 Å². The SMILES string of the molecule is CN1CCNCc2ccc(cc2)CNCCN(C)CCNCc2ccc(cc2)CNCC1. The van der Waals surface area contributed by atoms with Gasteiger partial charge >= 0.3 is 0 Å². The molecule has 0 saturated carbocycles. The van der Waals surface area contributed by atoms with Crippen LogP contribution in [0.2, 0.25) is 0 Å². The maximum absolute atomic E-state index is 3.57. The van der Waals surface area contributed by atoms with Gasteiger partial charge in [0, 0.05) is 78.5 Å². The van der Waals surface area contributed by atoms with Crippen LogP contribution in [0.4, 0.5) is 0 Å². The Kier molecular flexibility index (Phi) is 11.2. The summed E-state index contributed by atoms with van der Waals surface area (Å²) in [5, 5.41) is 14.3. The Morgan fingerprint density at radius 2 is 0.656 bits per heavy atom. The highest BCUT2D eigenvalue weighted by Crippen LogP contribution is 2.05. The summed E-state index contributed by atoms with van der Waals surface area (Å²) < 4.78 is 0. The van der Waals surface area contributed by atoms with Gasteiger partial charge < -0.3 is 31.1 Å². The number of hydrogen-bond donors (Lipinski definition) is 4. The normalized spacial score (nSPS) is 19.8. The van der Waals surface area contributed by atoms with Crippen molar-refractivity contribution in [2.45, 2.75) is 26.2 Å². The van der Waals surface area contributed by atoms with Crippen LogP contribution in [-0.4, -0.2) is 76.3 Å². The quantitative estimate of drug-likeness (QED) is 0.502. The van der Waals surface area contributed by atoms with Crippen LogP contribution >= 0.6 is 0 Å². The highest BCUT2D eigenvalue weighted by Gasteiger charge is 2.02. The Morgan fingerprint density at radius 1 is 0.438 bits per heavy atom. The van der Waals surface area contributed by atoms with Crippen LogP contribution in [0.15, 0.2) is 48.5 Å². The summed E-state index contributed by atoms with van der Waals surface area (Å²) in [6.45, 7) is 11.9. The number of hydrogen-bond acceptors (Lipinski definition) is 6. The van der Waals surface area contributed by atoms with Gasteiger partial charge in [-0.05, 0) is 36.3 Å². The molecule has 6 heteroatoms. The number of nitrogens with zero attached hydrogens (tertiary/aromatic N) is 2. The molecule has 0 aliphatic carbocycles. The van der Waals surface area contributed by atoms with E-state index in [2.05, 4.69) is 93.7 Å². The number of likely N-dealkylation sites (N-methyl/N-ethyl adjacent to an activating group) is 2. The van der Waals surface area contributed by atoms with Crippen LogP contribution in [-0.2, 0) is 26.2 Å². The lowest BCUT2D eigenvalue weighted by molar-refractivity contribution is 0.328. The number of nitrogens with one attached hydrogen (secondary N) is 4. The number of rotatable bonds is 0. The molecule has 0 spiro atoms. The lowest BCUT2D eigenvalue weighted by Crippen LogP contribution is -2.34. The third-order valence-electron chi connectivity index (χ3n) is 6.04. The van der Waals surface area contributed by atoms with Crippen molar-refractivity contribution in [1.82, 2.24) is 31.1 Å². The fourth-order valence-corrected chi connectivity index (χ4v) is 3.78. The first-order valence-corrected chi connectivity index (χ1v) is 12.0. The zero-order valence-electron chi connectivity index (χ0n) is 20.0. The lowest BCUT2D eigenvalue weighted by atomic mass is 10.1. The molecule has 0 unspecified atom stereocenters.